The van der Waals surface area contributed by atoms with Crippen LogP contribution in [0.15, 0.2) is 120 Å². The van der Waals surface area contributed by atoms with Crippen LogP contribution in [0.4, 0.5) is 47.8 Å². The summed E-state index contributed by atoms with van der Waals surface area (Å²) in [6.07, 6.45) is -4.28. The number of benzene rings is 5. The van der Waals surface area contributed by atoms with Crippen LogP contribution in [0.25, 0.3) is 6.08 Å². The molecular formula is C39H29F7N4O3S. The van der Waals surface area contributed by atoms with Gasteiger partial charge in [-0.25, -0.2) is 17.6 Å². The monoisotopic (exact) mass is 766 g/mol. The van der Waals surface area contributed by atoms with Gasteiger partial charge >= 0.3 is 6.18 Å². The highest BCUT2D eigenvalue weighted by atomic mass is 32.2. The smallest absolute Gasteiger partial charge is 0.378 e. The van der Waals surface area contributed by atoms with Crippen molar-refractivity contribution in [3.63, 3.8) is 0 Å². The van der Waals surface area contributed by atoms with E-state index in [-0.39, 0.29) is 16.9 Å². The minimum Gasteiger partial charge on any atom is -0.378 e. The number of hydrogen-bond donors (Lipinski definition) is 3. The molecule has 7 nitrogen and oxygen atoms in total. The van der Waals surface area contributed by atoms with E-state index in [9.17, 15) is 45.1 Å². The first-order valence-corrected chi connectivity index (χ1v) is 16.7. The summed E-state index contributed by atoms with van der Waals surface area (Å²) in [5.41, 5.74) is -2.38. The van der Waals surface area contributed by atoms with Gasteiger partial charge in [-0.2, -0.15) is 13.2 Å². The first-order valence-electron chi connectivity index (χ1n) is 15.9. The predicted molar refractivity (Wildman–Crippen MR) is 193 cm³/mol. The predicted octanol–water partition coefficient (Wildman–Crippen LogP) is 9.21. The van der Waals surface area contributed by atoms with Crippen LogP contribution in [0.3, 0.4) is 0 Å². The first kappa shape index (κ1) is 39.1. The molecule has 278 valence electrons. The maximum Gasteiger partial charge on any atom is 0.422 e. The molecule has 0 bridgehead atoms. The molecule has 0 spiro atoms. The van der Waals surface area contributed by atoms with Crippen molar-refractivity contribution in [3.8, 4) is 0 Å². The Morgan fingerprint density at radius 1 is 0.722 bits per heavy atom. The topological polar surface area (TPSA) is 90.5 Å². The fourth-order valence-corrected chi connectivity index (χ4v) is 6.12. The largest absolute Gasteiger partial charge is 0.422 e. The van der Waals surface area contributed by atoms with Crippen molar-refractivity contribution in [2.45, 2.75) is 16.3 Å². The number of rotatable bonds is 11. The molecule has 54 heavy (non-hydrogen) atoms. The van der Waals surface area contributed by atoms with Crippen LogP contribution >= 0.6 is 11.8 Å². The number of anilines is 3. The second-order valence-electron chi connectivity index (χ2n) is 11.7. The molecule has 0 saturated heterocycles. The standard InChI is InChI=1S/C39H29F7N4O3S/c1-50(2)26-18-16-22(17-19-26)20-28(48-36(51)24-12-7-4-8-13-24)37(52)47-25-14-9-15-27(21-25)54-35(23-10-5-3-6-11-23)38(53)49-34-32(42)30(40)29(39(44,45)46)31(41)33(34)43/h3-21,35H,1-2H3,(H,47,52)(H,48,51)(H,49,53)/b28-20+. The molecule has 0 saturated carbocycles. The highest BCUT2D eigenvalue weighted by Crippen LogP contribution is 2.41. The number of nitrogens with one attached hydrogen (secondary N) is 3. The summed E-state index contributed by atoms with van der Waals surface area (Å²) in [7, 11) is 3.73. The van der Waals surface area contributed by atoms with Crippen molar-refractivity contribution in [2.75, 3.05) is 29.6 Å². The second kappa shape index (κ2) is 16.7. The van der Waals surface area contributed by atoms with Gasteiger partial charge in [0.05, 0.1) is 0 Å². The quantitative estimate of drug-likeness (QED) is 0.0540. The number of halogens is 7. The number of carbonyl (C=O) groups excluding carboxylic acids is 3. The van der Waals surface area contributed by atoms with Gasteiger partial charge in [0, 0.05) is 35.9 Å². The fraction of sp³-hybridized carbons (Fsp3) is 0.103. The lowest BCUT2D eigenvalue weighted by Crippen LogP contribution is -2.30. The average molecular weight is 767 g/mol. The van der Waals surface area contributed by atoms with Crippen molar-refractivity contribution in [2.24, 2.45) is 0 Å². The minimum absolute atomic E-state index is 0.110. The van der Waals surface area contributed by atoms with Crippen LogP contribution in [-0.2, 0) is 15.8 Å². The highest BCUT2D eigenvalue weighted by Gasteiger charge is 2.43. The maximum atomic E-state index is 14.7. The Morgan fingerprint density at radius 2 is 1.31 bits per heavy atom. The van der Waals surface area contributed by atoms with Crippen molar-refractivity contribution in [1.29, 1.82) is 0 Å². The molecule has 0 fully saturated rings. The van der Waals surface area contributed by atoms with Gasteiger partial charge < -0.3 is 20.9 Å². The normalized spacial score (nSPS) is 12.1. The Kier molecular flexibility index (Phi) is 12.1. The van der Waals surface area contributed by atoms with Crippen LogP contribution in [0.1, 0.15) is 32.3 Å². The highest BCUT2D eigenvalue weighted by molar-refractivity contribution is 8.00. The number of nitrogens with zero attached hydrogens (tertiary/aromatic N) is 1. The third-order valence-electron chi connectivity index (χ3n) is 7.73. The van der Waals surface area contributed by atoms with E-state index in [0.717, 1.165) is 17.4 Å². The van der Waals surface area contributed by atoms with Crippen molar-refractivity contribution in [3.05, 3.63) is 160 Å². The molecule has 5 aromatic carbocycles. The Balaban J connectivity index is 1.42. The molecule has 0 aliphatic rings. The average Bonchev–Trinajstić information content (AvgIpc) is 3.15. The molecule has 3 N–H and O–H groups in total. The van der Waals surface area contributed by atoms with Crippen LogP contribution in [0.5, 0.6) is 0 Å². The zero-order valence-electron chi connectivity index (χ0n) is 28.3. The Labute approximate surface area is 308 Å². The van der Waals surface area contributed by atoms with Crippen LogP contribution in [0.2, 0.25) is 0 Å². The lowest BCUT2D eigenvalue weighted by Gasteiger charge is -2.19. The van der Waals surface area contributed by atoms with Gasteiger partial charge in [0.25, 0.3) is 11.8 Å². The third-order valence-corrected chi connectivity index (χ3v) is 8.98. The van der Waals surface area contributed by atoms with E-state index in [1.165, 1.54) is 54.6 Å². The third kappa shape index (κ3) is 9.28. The Morgan fingerprint density at radius 3 is 1.89 bits per heavy atom. The van der Waals surface area contributed by atoms with Crippen molar-refractivity contribution < 1.29 is 45.1 Å². The summed E-state index contributed by atoms with van der Waals surface area (Å²) < 4.78 is 97.4. The summed E-state index contributed by atoms with van der Waals surface area (Å²) in [6.45, 7) is 0. The van der Waals surface area contributed by atoms with E-state index < -0.39 is 63.7 Å². The van der Waals surface area contributed by atoms with Gasteiger partial charge in [-0.1, -0.05) is 66.7 Å². The van der Waals surface area contributed by atoms with Crippen LogP contribution in [-0.4, -0.2) is 31.8 Å². The number of alkyl halides is 3. The molecular weight excluding hydrogens is 738 g/mol. The molecule has 5 aromatic rings. The van der Waals surface area contributed by atoms with Crippen molar-refractivity contribution in [1.82, 2.24) is 5.32 Å². The second-order valence-corrected chi connectivity index (χ2v) is 12.9. The summed E-state index contributed by atoms with van der Waals surface area (Å²) in [5, 5.41) is 5.66. The van der Waals surface area contributed by atoms with Crippen LogP contribution in [0, 0.1) is 23.3 Å². The molecule has 0 heterocycles. The van der Waals surface area contributed by atoms with E-state index in [4.69, 9.17) is 0 Å². The van der Waals surface area contributed by atoms with E-state index in [1.54, 1.807) is 53.8 Å². The lowest BCUT2D eigenvalue weighted by atomic mass is 10.1. The molecule has 1 unspecified atom stereocenters. The lowest BCUT2D eigenvalue weighted by molar-refractivity contribution is -0.143. The van der Waals surface area contributed by atoms with Crippen LogP contribution < -0.4 is 20.9 Å². The zero-order valence-corrected chi connectivity index (χ0v) is 29.1. The Bertz CT molecular complexity index is 2170. The van der Waals surface area contributed by atoms with Crippen molar-refractivity contribution >= 4 is 52.6 Å². The molecule has 0 aromatic heterocycles. The Hall–Kier alpha value is -6.09. The van der Waals surface area contributed by atoms with Gasteiger partial charge in [0.2, 0.25) is 5.91 Å². The number of hydrogen-bond acceptors (Lipinski definition) is 5. The molecule has 3 amide bonds. The molecule has 0 radical (unpaired) electrons. The summed E-state index contributed by atoms with van der Waals surface area (Å²) >= 11 is 0.796. The van der Waals surface area contributed by atoms with Gasteiger partial charge in [0.1, 0.15) is 22.2 Å². The summed E-state index contributed by atoms with van der Waals surface area (Å²) in [5.74, 6) is -12.8. The van der Waals surface area contributed by atoms with Gasteiger partial charge in [-0.15, -0.1) is 11.8 Å². The van der Waals surface area contributed by atoms with Gasteiger partial charge in [0.15, 0.2) is 23.3 Å². The SMILES string of the molecule is CN(C)c1ccc(/C=C(/NC(=O)c2ccccc2)C(=O)Nc2cccc(SC(C(=O)Nc3c(F)c(F)c(C(F)(F)F)c(F)c3F)c3ccccc3)c2)cc1. The molecule has 0 aliphatic heterocycles. The molecule has 0 aliphatic carbocycles. The van der Waals surface area contributed by atoms with E-state index in [0.29, 0.717) is 16.0 Å². The number of carbonyl (C=O) groups is 3. The molecule has 1 atom stereocenters. The molecule has 15 heteroatoms. The van der Waals surface area contributed by atoms with Gasteiger partial charge in [-0.3, -0.25) is 14.4 Å². The maximum absolute atomic E-state index is 14.7. The fourth-order valence-electron chi connectivity index (χ4n) is 5.04. The summed E-state index contributed by atoms with van der Waals surface area (Å²) in [4.78, 5) is 42.4. The van der Waals surface area contributed by atoms with E-state index in [1.807, 2.05) is 31.1 Å². The van der Waals surface area contributed by atoms with Gasteiger partial charge in [-0.05, 0) is 59.7 Å². The minimum atomic E-state index is -5.76. The summed E-state index contributed by atoms with van der Waals surface area (Å²) in [6, 6.07) is 29.0. The number of amides is 3. The first-order chi connectivity index (χ1) is 25.6. The zero-order chi connectivity index (χ0) is 39.2. The van der Waals surface area contributed by atoms with E-state index >= 15 is 0 Å². The number of thioether (sulfide) groups is 1. The van der Waals surface area contributed by atoms with E-state index in [2.05, 4.69) is 10.6 Å². The molecule has 5 rings (SSSR count).